The van der Waals surface area contributed by atoms with Gasteiger partial charge in [0.05, 0.1) is 0 Å². The van der Waals surface area contributed by atoms with Crippen LogP contribution in [0.3, 0.4) is 0 Å². The van der Waals surface area contributed by atoms with Gasteiger partial charge in [-0.05, 0) is 95.3 Å². The van der Waals surface area contributed by atoms with E-state index in [0.29, 0.717) is 0 Å². The minimum atomic E-state index is 0.0138. The van der Waals surface area contributed by atoms with Crippen molar-refractivity contribution in [3.05, 3.63) is 176 Å². The predicted molar refractivity (Wildman–Crippen MR) is 213 cm³/mol. The number of fused-ring (bicyclic) bond motifs is 7. The quantitative estimate of drug-likeness (QED) is 0.140. The zero-order valence-electron chi connectivity index (χ0n) is 27.6. The monoisotopic (exact) mass is 648 g/mol. The van der Waals surface area contributed by atoms with E-state index in [-0.39, 0.29) is 6.71 Å². The lowest BCUT2D eigenvalue weighted by molar-refractivity contribution is 0.465. The minimum Gasteiger partial charge on any atom is -0.458 e. The highest BCUT2D eigenvalue weighted by molar-refractivity contribution is 6.98. The first kappa shape index (κ1) is 28.3. The van der Waals surface area contributed by atoms with Gasteiger partial charge in [0.1, 0.15) is 23.0 Å². The Balaban J connectivity index is 1.17. The van der Waals surface area contributed by atoms with E-state index in [1.165, 1.54) is 54.6 Å². The molecule has 2 nitrogen and oxygen atoms in total. The van der Waals surface area contributed by atoms with Gasteiger partial charge < -0.3 is 9.47 Å². The smallest absolute Gasteiger partial charge is 0.260 e. The number of rotatable bonds is 3. The first-order valence-corrected chi connectivity index (χ1v) is 17.5. The van der Waals surface area contributed by atoms with Gasteiger partial charge in [-0.2, -0.15) is 0 Å². The van der Waals surface area contributed by atoms with Crippen molar-refractivity contribution in [1.29, 1.82) is 0 Å². The Labute approximate surface area is 296 Å². The Morgan fingerprint density at radius 2 is 0.902 bits per heavy atom. The molecule has 0 saturated heterocycles. The Bertz CT molecular complexity index is 2830. The predicted octanol–water partition coefficient (Wildman–Crippen LogP) is 10.9. The first-order chi connectivity index (χ1) is 25.3. The van der Waals surface area contributed by atoms with Crippen LogP contribution >= 0.6 is 0 Å². The van der Waals surface area contributed by atoms with Gasteiger partial charge in [-0.1, -0.05) is 152 Å². The molecule has 0 saturated carbocycles. The average Bonchev–Trinajstić information content (AvgIpc) is 3.19. The van der Waals surface area contributed by atoms with Crippen LogP contribution in [0.15, 0.2) is 176 Å². The molecule has 11 rings (SSSR count). The van der Waals surface area contributed by atoms with E-state index in [1.54, 1.807) is 0 Å². The number of hydrogen-bond donors (Lipinski definition) is 0. The highest BCUT2D eigenvalue weighted by Gasteiger charge is 2.40. The van der Waals surface area contributed by atoms with E-state index in [1.807, 2.05) is 18.2 Å². The zero-order chi connectivity index (χ0) is 33.5. The van der Waals surface area contributed by atoms with Crippen LogP contribution in [0.2, 0.25) is 0 Å². The highest BCUT2D eigenvalue weighted by atomic mass is 16.5. The lowest BCUT2D eigenvalue weighted by Gasteiger charge is -2.33. The molecule has 0 aliphatic carbocycles. The summed E-state index contributed by atoms with van der Waals surface area (Å²) in [5.74, 6) is 3.50. The molecule has 51 heavy (non-hydrogen) atoms. The Morgan fingerprint density at radius 1 is 0.353 bits per heavy atom. The van der Waals surface area contributed by atoms with Crippen LogP contribution in [-0.2, 0) is 0 Å². The van der Waals surface area contributed by atoms with E-state index in [2.05, 4.69) is 158 Å². The maximum atomic E-state index is 6.92. The van der Waals surface area contributed by atoms with Crippen molar-refractivity contribution >= 4 is 55.4 Å². The summed E-state index contributed by atoms with van der Waals surface area (Å²) in [5.41, 5.74) is 10.5. The maximum absolute atomic E-state index is 6.92. The van der Waals surface area contributed by atoms with Gasteiger partial charge in [0, 0.05) is 11.0 Å². The van der Waals surface area contributed by atoms with Crippen molar-refractivity contribution in [2.24, 2.45) is 0 Å². The molecule has 0 fully saturated rings. The van der Waals surface area contributed by atoms with Gasteiger partial charge in [0.2, 0.25) is 0 Å². The summed E-state index contributed by atoms with van der Waals surface area (Å²) in [6.07, 6.45) is 0. The van der Waals surface area contributed by atoms with Gasteiger partial charge in [-0.3, -0.25) is 0 Å². The molecule has 0 amide bonds. The van der Waals surface area contributed by atoms with E-state index >= 15 is 0 Å². The van der Waals surface area contributed by atoms with Crippen molar-refractivity contribution in [3.8, 4) is 56.4 Å². The van der Waals surface area contributed by atoms with E-state index in [4.69, 9.17) is 9.47 Å². The largest absolute Gasteiger partial charge is 0.458 e. The molecule has 9 aromatic rings. The Hall–Kier alpha value is -6.58. The normalized spacial score (nSPS) is 12.6. The summed E-state index contributed by atoms with van der Waals surface area (Å²) in [7, 11) is 0. The van der Waals surface area contributed by atoms with Crippen LogP contribution in [-0.4, -0.2) is 6.71 Å². The first-order valence-electron chi connectivity index (χ1n) is 17.5. The van der Waals surface area contributed by atoms with Gasteiger partial charge in [-0.25, -0.2) is 0 Å². The number of para-hydroxylation sites is 2. The zero-order valence-corrected chi connectivity index (χ0v) is 27.6. The fraction of sp³-hybridized carbons (Fsp3) is 0. The molecule has 3 heteroatoms. The lowest BCUT2D eigenvalue weighted by atomic mass is 9.34. The van der Waals surface area contributed by atoms with Crippen molar-refractivity contribution in [2.75, 3.05) is 0 Å². The molecule has 236 valence electrons. The molecule has 2 aliphatic heterocycles. The summed E-state index contributed by atoms with van der Waals surface area (Å²) < 4.78 is 13.3. The molecule has 0 spiro atoms. The fourth-order valence-corrected chi connectivity index (χ4v) is 8.62. The van der Waals surface area contributed by atoms with Gasteiger partial charge >= 0.3 is 0 Å². The molecule has 0 radical (unpaired) electrons. The lowest BCUT2D eigenvalue weighted by Crippen LogP contribution is -2.57. The second kappa shape index (κ2) is 11.0. The van der Waals surface area contributed by atoms with Crippen LogP contribution in [0.25, 0.3) is 65.7 Å². The molecule has 2 aliphatic rings. The second-order valence-corrected chi connectivity index (χ2v) is 13.5. The number of ether oxygens (including phenoxy) is 2. The molecular weight excluding hydrogens is 619 g/mol. The molecule has 2 heterocycles. The van der Waals surface area contributed by atoms with Crippen molar-refractivity contribution < 1.29 is 9.47 Å². The van der Waals surface area contributed by atoms with Gasteiger partial charge in [0.25, 0.3) is 6.71 Å². The summed E-state index contributed by atoms with van der Waals surface area (Å²) in [4.78, 5) is 0. The molecule has 0 bridgehead atoms. The highest BCUT2D eigenvalue weighted by Crippen LogP contribution is 2.48. The third-order valence-electron chi connectivity index (χ3n) is 10.8. The van der Waals surface area contributed by atoms with Crippen LogP contribution in [0.1, 0.15) is 0 Å². The van der Waals surface area contributed by atoms with Gasteiger partial charge in [0.15, 0.2) is 0 Å². The van der Waals surface area contributed by atoms with Crippen molar-refractivity contribution in [2.45, 2.75) is 0 Å². The second-order valence-electron chi connectivity index (χ2n) is 13.5. The molecule has 0 atom stereocenters. The van der Waals surface area contributed by atoms with Crippen molar-refractivity contribution in [1.82, 2.24) is 0 Å². The Kier molecular flexibility index (Phi) is 6.08. The van der Waals surface area contributed by atoms with Crippen LogP contribution in [0, 0.1) is 0 Å². The van der Waals surface area contributed by atoms with Crippen LogP contribution in [0.5, 0.6) is 23.0 Å². The third-order valence-corrected chi connectivity index (χ3v) is 10.8. The standard InChI is InChI=1S/C48H29BO2/c1-2-14-31-29-32(28-27-30(31)13-1)45-35-17-5-7-19-37(35)46(38-20-8-6-18-36(38)45)34-16-4-3-15-33(34)39-21-11-23-41-48(39)51-44-26-12-25-43-47(44)49(41)40-22-9-10-24-42(40)50-43/h1-29H. The molecular formula is C48H29BO2. The van der Waals surface area contributed by atoms with E-state index in [9.17, 15) is 0 Å². The summed E-state index contributed by atoms with van der Waals surface area (Å²) >= 11 is 0. The van der Waals surface area contributed by atoms with E-state index in [0.717, 1.165) is 50.5 Å². The minimum absolute atomic E-state index is 0.0138. The molecule has 0 unspecified atom stereocenters. The average molecular weight is 649 g/mol. The summed E-state index contributed by atoms with van der Waals surface area (Å²) in [6.45, 7) is 0.0138. The van der Waals surface area contributed by atoms with Crippen LogP contribution in [0.4, 0.5) is 0 Å². The summed E-state index contributed by atoms with van der Waals surface area (Å²) in [6, 6.07) is 63.2. The SMILES string of the molecule is c1ccc2c(c1)Oc1cccc3c1B2c1cccc(-c2ccccc2-c2c4ccccc4c(-c4ccc5ccccc5c4)c4ccccc24)c1O3. The molecule has 9 aromatic carbocycles. The van der Waals surface area contributed by atoms with Crippen molar-refractivity contribution in [3.63, 3.8) is 0 Å². The summed E-state index contributed by atoms with van der Waals surface area (Å²) in [5, 5.41) is 7.42. The molecule has 0 aromatic heterocycles. The maximum Gasteiger partial charge on any atom is 0.260 e. The molecule has 0 N–H and O–H groups in total. The number of benzene rings is 9. The Morgan fingerprint density at radius 3 is 1.69 bits per heavy atom. The van der Waals surface area contributed by atoms with Crippen LogP contribution < -0.4 is 25.9 Å². The van der Waals surface area contributed by atoms with E-state index < -0.39 is 0 Å². The third kappa shape index (κ3) is 4.19. The topological polar surface area (TPSA) is 18.5 Å². The van der Waals surface area contributed by atoms with Gasteiger partial charge in [-0.15, -0.1) is 0 Å². The fourth-order valence-electron chi connectivity index (χ4n) is 8.62. The number of hydrogen-bond acceptors (Lipinski definition) is 2.